The minimum atomic E-state index is -0.447. The van der Waals surface area contributed by atoms with Crippen LogP contribution in [0.4, 0.5) is 10.1 Å². The average Bonchev–Trinajstić information content (AvgIpc) is 2.30. The van der Waals surface area contributed by atoms with Gasteiger partial charge < -0.3 is 11.1 Å². The molecule has 1 rings (SSSR count). The number of anilines is 1. The van der Waals surface area contributed by atoms with Gasteiger partial charge in [-0.25, -0.2) is 4.39 Å². The number of nitrogens with two attached hydrogens (primary N) is 1. The number of nitrogens with zero attached hydrogens (tertiary/aromatic N) is 1. The number of rotatable bonds is 2. The van der Waals surface area contributed by atoms with Crippen molar-refractivity contribution in [3.8, 4) is 0 Å². The number of hydrogen-bond donors (Lipinski definition) is 3. The van der Waals surface area contributed by atoms with Crippen molar-refractivity contribution in [1.29, 1.82) is 5.41 Å². The summed E-state index contributed by atoms with van der Waals surface area (Å²) in [7, 11) is 1.60. The van der Waals surface area contributed by atoms with E-state index >= 15 is 0 Å². The molecule has 92 valence electrons. The molecule has 1 aromatic rings. The van der Waals surface area contributed by atoms with Gasteiger partial charge in [0.1, 0.15) is 5.82 Å². The van der Waals surface area contributed by atoms with Gasteiger partial charge in [0.15, 0.2) is 11.1 Å². The molecule has 0 amide bonds. The molecule has 0 atom stereocenters. The molecule has 0 aliphatic heterocycles. The Labute approximate surface area is 105 Å². The summed E-state index contributed by atoms with van der Waals surface area (Å²) in [4.78, 5) is 1.18. The summed E-state index contributed by atoms with van der Waals surface area (Å²) in [6.07, 6.45) is 0.628. The van der Waals surface area contributed by atoms with Crippen molar-refractivity contribution in [3.05, 3.63) is 29.6 Å². The molecule has 0 saturated carbocycles. The van der Waals surface area contributed by atoms with Gasteiger partial charge in [0.2, 0.25) is 0 Å². The lowest BCUT2D eigenvalue weighted by molar-refractivity contribution is 0.627. The van der Waals surface area contributed by atoms with Crippen LogP contribution in [0.5, 0.6) is 0 Å². The van der Waals surface area contributed by atoms with Crippen LogP contribution in [0.3, 0.4) is 0 Å². The van der Waals surface area contributed by atoms with Crippen LogP contribution in [0.15, 0.2) is 18.2 Å². The highest BCUT2D eigenvalue weighted by molar-refractivity contribution is 7.80. The molecule has 6 heteroatoms. The summed E-state index contributed by atoms with van der Waals surface area (Å²) in [6, 6.07) is 4.73. The third kappa shape index (κ3) is 2.71. The average molecular weight is 254 g/mol. The monoisotopic (exact) mass is 254 g/mol. The minimum absolute atomic E-state index is 0.192. The molecule has 17 heavy (non-hydrogen) atoms. The fourth-order valence-corrected chi connectivity index (χ4v) is 1.73. The van der Waals surface area contributed by atoms with E-state index in [1.54, 1.807) is 19.2 Å². The highest BCUT2D eigenvalue weighted by atomic mass is 32.1. The first kappa shape index (κ1) is 13.4. The summed E-state index contributed by atoms with van der Waals surface area (Å²) >= 11 is 5.03. The fraction of sp³-hybridized carbons (Fsp3) is 0.273. The van der Waals surface area contributed by atoms with E-state index in [1.165, 1.54) is 11.0 Å². The topological polar surface area (TPSA) is 65.1 Å². The second kappa shape index (κ2) is 5.58. The molecule has 4 nitrogen and oxygen atoms in total. The van der Waals surface area contributed by atoms with Crippen molar-refractivity contribution in [2.45, 2.75) is 13.3 Å². The van der Waals surface area contributed by atoms with Crippen molar-refractivity contribution >= 4 is 29.0 Å². The zero-order valence-corrected chi connectivity index (χ0v) is 10.6. The molecule has 0 aromatic heterocycles. The molecule has 0 aliphatic rings. The molecule has 4 N–H and O–H groups in total. The Hall–Kier alpha value is -1.69. The van der Waals surface area contributed by atoms with E-state index in [-0.39, 0.29) is 16.8 Å². The molecule has 0 spiro atoms. The van der Waals surface area contributed by atoms with E-state index in [9.17, 15) is 4.39 Å². The summed E-state index contributed by atoms with van der Waals surface area (Å²) in [5.74, 6) is -0.763. The Morgan fingerprint density at radius 3 is 2.71 bits per heavy atom. The van der Waals surface area contributed by atoms with Crippen molar-refractivity contribution in [1.82, 2.24) is 5.32 Å². The van der Waals surface area contributed by atoms with E-state index in [0.29, 0.717) is 6.42 Å². The van der Waals surface area contributed by atoms with Gasteiger partial charge in [-0.1, -0.05) is 19.1 Å². The predicted octanol–water partition coefficient (Wildman–Crippen LogP) is 1.59. The number of nitrogens with one attached hydrogen (secondary N) is 2. The Morgan fingerprint density at radius 2 is 2.24 bits per heavy atom. The van der Waals surface area contributed by atoms with E-state index < -0.39 is 5.82 Å². The Morgan fingerprint density at radius 1 is 1.59 bits per heavy atom. The molecule has 0 fully saturated rings. The molecule has 0 saturated heterocycles. The van der Waals surface area contributed by atoms with Gasteiger partial charge in [-0.3, -0.25) is 10.3 Å². The van der Waals surface area contributed by atoms with Gasteiger partial charge in [-0.05, 0) is 30.3 Å². The minimum Gasteiger partial charge on any atom is -0.369 e. The van der Waals surface area contributed by atoms with Gasteiger partial charge in [-0.15, -0.1) is 0 Å². The molecular formula is C11H15FN4S. The number of halogens is 1. The zero-order chi connectivity index (χ0) is 13.0. The number of benzene rings is 1. The molecule has 0 unspecified atom stereocenters. The van der Waals surface area contributed by atoms with Gasteiger partial charge in [-0.2, -0.15) is 0 Å². The predicted molar refractivity (Wildman–Crippen MR) is 71.8 cm³/mol. The van der Waals surface area contributed by atoms with Crippen LogP contribution in [0, 0.1) is 11.2 Å². The molecule has 0 bridgehead atoms. The molecule has 0 radical (unpaired) electrons. The van der Waals surface area contributed by atoms with Crippen LogP contribution in [-0.2, 0) is 6.42 Å². The van der Waals surface area contributed by atoms with Crippen LogP contribution in [0.25, 0.3) is 0 Å². The Kier molecular flexibility index (Phi) is 4.39. The van der Waals surface area contributed by atoms with Crippen LogP contribution >= 0.6 is 12.2 Å². The first-order valence-electron chi connectivity index (χ1n) is 5.16. The van der Waals surface area contributed by atoms with Crippen molar-refractivity contribution in [2.75, 3.05) is 11.9 Å². The fourth-order valence-electron chi connectivity index (χ4n) is 1.54. The van der Waals surface area contributed by atoms with Crippen molar-refractivity contribution < 1.29 is 4.39 Å². The Bertz CT molecular complexity index is 447. The summed E-state index contributed by atoms with van der Waals surface area (Å²) in [5, 5.41) is 10.4. The first-order valence-corrected chi connectivity index (χ1v) is 5.57. The van der Waals surface area contributed by atoms with Crippen molar-refractivity contribution in [3.63, 3.8) is 0 Å². The third-order valence-electron chi connectivity index (χ3n) is 2.33. The van der Waals surface area contributed by atoms with Gasteiger partial charge in [0, 0.05) is 7.05 Å². The number of thiocarbonyl (C=S) groups is 1. The number of hydrogen-bond acceptors (Lipinski definition) is 2. The van der Waals surface area contributed by atoms with Crippen LogP contribution in [0.1, 0.15) is 12.5 Å². The lowest BCUT2D eigenvalue weighted by Crippen LogP contribution is -2.46. The maximum absolute atomic E-state index is 13.9. The van der Waals surface area contributed by atoms with Crippen LogP contribution < -0.4 is 16.0 Å². The quantitative estimate of drug-likeness (QED) is 0.426. The second-order valence-corrected chi connectivity index (χ2v) is 3.76. The van der Waals surface area contributed by atoms with E-state index in [1.807, 2.05) is 6.92 Å². The molecule has 1 aromatic carbocycles. The summed E-state index contributed by atoms with van der Waals surface area (Å²) < 4.78 is 13.9. The first-order chi connectivity index (χ1) is 8.02. The summed E-state index contributed by atoms with van der Waals surface area (Å²) in [5.41, 5.74) is 6.44. The van der Waals surface area contributed by atoms with E-state index in [0.717, 1.165) is 5.56 Å². The molecule has 0 aliphatic carbocycles. The highest BCUT2D eigenvalue weighted by Crippen LogP contribution is 2.25. The number of guanidine groups is 1. The van der Waals surface area contributed by atoms with Crippen molar-refractivity contribution in [2.24, 2.45) is 5.73 Å². The smallest absolute Gasteiger partial charge is 0.199 e. The van der Waals surface area contributed by atoms with Gasteiger partial charge in [0.05, 0.1) is 5.69 Å². The normalized spacial score (nSPS) is 9.82. The number of para-hydroxylation sites is 1. The maximum Gasteiger partial charge on any atom is 0.199 e. The largest absolute Gasteiger partial charge is 0.369 e. The lowest BCUT2D eigenvalue weighted by atomic mass is 10.1. The van der Waals surface area contributed by atoms with Gasteiger partial charge >= 0.3 is 0 Å². The van der Waals surface area contributed by atoms with Gasteiger partial charge in [0.25, 0.3) is 0 Å². The highest BCUT2D eigenvalue weighted by Gasteiger charge is 2.20. The zero-order valence-electron chi connectivity index (χ0n) is 9.75. The third-order valence-corrected chi connectivity index (χ3v) is 2.72. The lowest BCUT2D eigenvalue weighted by Gasteiger charge is -2.25. The second-order valence-electron chi connectivity index (χ2n) is 3.38. The molecular weight excluding hydrogens is 239 g/mol. The van der Waals surface area contributed by atoms with Crippen LogP contribution in [0.2, 0.25) is 0 Å². The van der Waals surface area contributed by atoms with Crippen LogP contribution in [-0.4, -0.2) is 18.1 Å². The Balaban J connectivity index is 3.37. The number of aryl methyl sites for hydroxylation is 1. The maximum atomic E-state index is 13.9. The SMILES string of the molecule is CCc1cccc(F)c1N(C(=N)N)C(=S)NC. The summed E-state index contributed by atoms with van der Waals surface area (Å²) in [6.45, 7) is 1.90. The van der Waals surface area contributed by atoms with E-state index in [4.69, 9.17) is 23.4 Å². The van der Waals surface area contributed by atoms with E-state index in [2.05, 4.69) is 5.32 Å². The standard InChI is InChI=1S/C11H15FN4S/c1-3-7-5-4-6-8(12)9(7)16(10(13)14)11(17)15-2/h4-6H,3H2,1-2H3,(H3,13,14)(H,15,17). The molecule has 0 heterocycles.